The number of carbonyl (C=O) groups is 4. The van der Waals surface area contributed by atoms with Crippen LogP contribution in [0.4, 0.5) is 0 Å². The number of aromatic nitrogens is 9. The highest BCUT2D eigenvalue weighted by molar-refractivity contribution is 5.77. The molecule has 45 nitrogen and oxygen atoms in total. The largest absolute Gasteiger partial charge is 0.396 e. The molecule has 119 heavy (non-hydrogen) atoms. The molecule has 0 radical (unpaired) electrons. The molecule has 3 aromatic rings. The Hall–Kier alpha value is -5.82. The summed E-state index contributed by atoms with van der Waals surface area (Å²) in [7, 11) is 1.37. The fourth-order valence-corrected chi connectivity index (χ4v) is 13.2. The second kappa shape index (κ2) is 55.4. The van der Waals surface area contributed by atoms with Gasteiger partial charge in [-0.3, -0.25) is 19.2 Å². The van der Waals surface area contributed by atoms with Gasteiger partial charge in [-0.2, -0.15) is 0 Å². The number of amides is 4. The summed E-state index contributed by atoms with van der Waals surface area (Å²) in [6.45, 7) is 9.99. The van der Waals surface area contributed by atoms with Crippen LogP contribution in [0, 0.1) is 0 Å². The first-order valence-corrected chi connectivity index (χ1v) is 40.7. The number of aliphatic hydroxyl groups is 7. The van der Waals surface area contributed by atoms with E-state index in [2.05, 4.69) is 52.2 Å². The zero-order valence-corrected chi connectivity index (χ0v) is 68.5. The van der Waals surface area contributed by atoms with Crippen molar-refractivity contribution in [1.29, 1.82) is 0 Å². The summed E-state index contributed by atoms with van der Waals surface area (Å²) < 4.78 is 126. The molecule has 15 unspecified atom stereocenters. The summed E-state index contributed by atoms with van der Waals surface area (Å²) in [6.07, 6.45) is -0.817. The van der Waals surface area contributed by atoms with Gasteiger partial charge in [0.1, 0.15) is 82.5 Å². The normalized spacial score (nSPS) is 25.2. The molecule has 0 saturated carbocycles. The molecule has 11 N–H and O–H groups in total. The minimum absolute atomic E-state index is 0.00531. The second-order valence-corrected chi connectivity index (χ2v) is 29.3. The first-order valence-electron chi connectivity index (χ1n) is 40.7. The number of methoxy groups -OCH3 is 1. The highest BCUT2D eigenvalue weighted by Gasteiger charge is 2.60. The lowest BCUT2D eigenvalue weighted by atomic mass is 9.88. The number of fused-ring (bicyclic) bond motifs is 4. The van der Waals surface area contributed by atoms with Crippen molar-refractivity contribution in [2.45, 2.75) is 202 Å². The maximum absolute atomic E-state index is 14.1. The highest BCUT2D eigenvalue weighted by Crippen LogP contribution is 2.38. The molecule has 15 atom stereocenters. The van der Waals surface area contributed by atoms with Crippen molar-refractivity contribution in [2.75, 3.05) is 212 Å². The van der Waals surface area contributed by atoms with E-state index in [4.69, 9.17) is 105 Å². The van der Waals surface area contributed by atoms with E-state index in [0.717, 1.165) is 6.42 Å². The molecule has 5 saturated heterocycles. The minimum Gasteiger partial charge on any atom is -0.396 e. The van der Waals surface area contributed by atoms with Crippen LogP contribution in [0.25, 0.3) is 0 Å². The van der Waals surface area contributed by atoms with Crippen LogP contribution in [-0.4, -0.2) is 407 Å². The van der Waals surface area contributed by atoms with E-state index in [1.165, 1.54) is 21.0 Å². The van der Waals surface area contributed by atoms with Crippen LogP contribution in [0.15, 0.2) is 18.6 Å². The van der Waals surface area contributed by atoms with E-state index < -0.39 is 102 Å². The van der Waals surface area contributed by atoms with Crippen LogP contribution in [0.3, 0.4) is 0 Å². The van der Waals surface area contributed by atoms with Gasteiger partial charge in [-0.05, 0) is 25.7 Å². The first-order chi connectivity index (χ1) is 57.8. The highest BCUT2D eigenvalue weighted by atomic mass is 16.8. The van der Waals surface area contributed by atoms with Crippen LogP contribution < -0.4 is 21.3 Å². The number of rotatable bonds is 69. The summed E-state index contributed by atoms with van der Waals surface area (Å²) in [5.74, 6) is -1.15. The third-order valence-electron chi connectivity index (χ3n) is 19.5. The Morgan fingerprint density at radius 2 is 0.916 bits per heavy atom. The number of nitrogens with one attached hydrogen (secondary N) is 4. The predicted molar refractivity (Wildman–Crippen MR) is 405 cm³/mol. The average Bonchev–Trinajstić information content (AvgIpc) is 1.62. The van der Waals surface area contributed by atoms with Crippen molar-refractivity contribution in [1.82, 2.24) is 66.2 Å². The van der Waals surface area contributed by atoms with Gasteiger partial charge in [-0.1, -0.05) is 28.5 Å². The quantitative estimate of drug-likeness (QED) is 0.0236. The number of nitrogens with zero attached hydrogens (tertiary/aromatic N) is 9. The van der Waals surface area contributed by atoms with E-state index in [1.54, 1.807) is 32.6 Å². The van der Waals surface area contributed by atoms with Gasteiger partial charge in [0.15, 0.2) is 18.9 Å². The van der Waals surface area contributed by atoms with Gasteiger partial charge in [-0.15, -0.1) is 15.3 Å². The summed E-state index contributed by atoms with van der Waals surface area (Å²) in [4.78, 5) is 49.7. The molecule has 4 bridgehead atoms. The van der Waals surface area contributed by atoms with Crippen LogP contribution in [0.2, 0.25) is 0 Å². The van der Waals surface area contributed by atoms with Crippen molar-refractivity contribution >= 4 is 23.6 Å². The van der Waals surface area contributed by atoms with Gasteiger partial charge in [0.25, 0.3) is 0 Å². The number of hydrogen-bond acceptors (Lipinski definition) is 38. The fraction of sp³-hybridized carbons (Fsp3) is 0.865. The summed E-state index contributed by atoms with van der Waals surface area (Å²) >= 11 is 0. The zero-order valence-electron chi connectivity index (χ0n) is 68.5. The first kappa shape index (κ1) is 98.6. The second-order valence-electron chi connectivity index (χ2n) is 29.3. The Morgan fingerprint density at radius 3 is 1.39 bits per heavy atom. The monoisotopic (exact) mass is 1710 g/mol. The Bertz CT molecular complexity index is 3250. The van der Waals surface area contributed by atoms with Gasteiger partial charge in [0.05, 0.1) is 256 Å². The predicted octanol–water partition coefficient (Wildman–Crippen LogP) is -5.12. The summed E-state index contributed by atoms with van der Waals surface area (Å²) in [5.41, 5.74) is -2.17. The molecule has 5 fully saturated rings. The SMILES string of the molecule is COC1OC(COCCOCCOCCOCCn2cc(COCC(COCc3cn(CCOCCOCCOCCOCC45COC(CC(O)C4O)O5)nn3)(COCc3cn(CCOCCOCCOCCOCC45COC(O4)C(NC(C)=O)C(O)C5O)nn3)NC(=O)CCCCCNC(=O)CCCCCO)nn2)C(O)C(O)C1NC(C)=O. The maximum atomic E-state index is 14.1. The minimum atomic E-state index is -1.34. The summed E-state index contributed by atoms with van der Waals surface area (Å²) in [6, 6.07) is -1.85. The summed E-state index contributed by atoms with van der Waals surface area (Å²) in [5, 5.41) is 109. The fourth-order valence-electron chi connectivity index (χ4n) is 13.2. The van der Waals surface area contributed by atoms with Crippen molar-refractivity contribution in [3.05, 3.63) is 35.7 Å². The lowest BCUT2D eigenvalue weighted by Gasteiger charge is -2.42. The van der Waals surface area contributed by atoms with Gasteiger partial charge in [0, 0.05) is 53.4 Å². The molecule has 5 aliphatic heterocycles. The standard InChI is InChI=1S/C74H127N13O32/c1-53(89)76-63-66(95)65(94)59(117-70(63)99-3)45-109-35-32-106-29-26-103-23-20-100-17-13-85-39-55(79-82-85)42-112-46-72(78-61(93)11-6-4-8-12-75-60(92)10-7-5-9-16-88,47-113-43-56-40-86(83-80-56)14-18-101-21-24-104-27-30-107-33-36-110-49-73-51-115-62(118-73)38-58(91)68(73)97)48-114-44-57-41-87(84-81-57)15-19-102-22-25-105-28-31-108-34-37-111-50-74-52-116-71(119-74)64(77-54(2)90)67(96)69(74)98/h39-41,58-59,62-71,88,91,94-98H,4-38,42-52H2,1-3H3,(H,75,92)(H,76,89)(H,77,90)(H,78,93). The number of aliphatic hydroxyl groups excluding tert-OH is 7. The van der Waals surface area contributed by atoms with Gasteiger partial charge in [-0.25, -0.2) is 14.0 Å². The van der Waals surface area contributed by atoms with Gasteiger partial charge >= 0.3 is 0 Å². The lowest BCUT2D eigenvalue weighted by Crippen LogP contribution is -2.66. The van der Waals surface area contributed by atoms with E-state index in [-0.39, 0.29) is 150 Å². The van der Waals surface area contributed by atoms with E-state index >= 15 is 0 Å². The van der Waals surface area contributed by atoms with E-state index in [1.807, 2.05) is 0 Å². The van der Waals surface area contributed by atoms with Crippen LogP contribution >= 0.6 is 0 Å². The molecular formula is C74H127N13O32. The molecule has 8 heterocycles. The Morgan fingerprint density at radius 1 is 0.487 bits per heavy atom. The molecule has 680 valence electrons. The van der Waals surface area contributed by atoms with Crippen LogP contribution in [0.5, 0.6) is 0 Å². The lowest BCUT2D eigenvalue weighted by molar-refractivity contribution is -0.265. The van der Waals surface area contributed by atoms with Gasteiger partial charge in [0.2, 0.25) is 23.6 Å². The molecule has 0 spiro atoms. The molecular weight excluding hydrogens is 1580 g/mol. The number of ether oxygens (including phenoxy) is 21. The molecule has 4 amide bonds. The third kappa shape index (κ3) is 35.4. The number of unbranched alkanes of at least 4 members (excludes halogenated alkanes) is 4. The molecule has 0 aliphatic carbocycles. The zero-order chi connectivity index (χ0) is 84.8. The molecule has 3 aromatic heterocycles. The van der Waals surface area contributed by atoms with E-state index in [9.17, 15) is 49.8 Å². The molecule has 8 rings (SSSR count). The van der Waals surface area contributed by atoms with Crippen molar-refractivity contribution in [2.24, 2.45) is 0 Å². The smallest absolute Gasteiger partial charge is 0.220 e. The molecule has 5 aliphatic rings. The maximum Gasteiger partial charge on any atom is 0.220 e. The van der Waals surface area contributed by atoms with Crippen molar-refractivity contribution in [3.8, 4) is 0 Å². The van der Waals surface area contributed by atoms with Crippen LogP contribution in [0.1, 0.15) is 88.7 Å². The van der Waals surface area contributed by atoms with Crippen molar-refractivity contribution < 1.29 is 154 Å². The van der Waals surface area contributed by atoms with Gasteiger partial charge < -0.3 is 156 Å². The molecule has 45 heteroatoms. The molecule has 0 aromatic carbocycles. The van der Waals surface area contributed by atoms with E-state index in [0.29, 0.717) is 174 Å². The Labute approximate surface area is 691 Å². The average molecular weight is 1710 g/mol. The third-order valence-corrected chi connectivity index (χ3v) is 19.5. The Balaban J connectivity index is 0.758. The van der Waals surface area contributed by atoms with Crippen LogP contribution in [-0.2, 0) is 158 Å². The van der Waals surface area contributed by atoms with Crippen molar-refractivity contribution in [3.63, 3.8) is 0 Å². The number of carbonyl (C=O) groups excluding carboxylic acids is 4. The topological polar surface area (TPSA) is 544 Å². The Kier molecular flexibility index (Phi) is 45.9. The number of hydrogen-bond donors (Lipinski definition) is 11.